The molecule has 0 N–H and O–H groups in total. The molecule has 0 fully saturated rings. The molecule has 0 unspecified atom stereocenters. The Balaban J connectivity index is 2.37. The molecule has 0 aromatic heterocycles. The van der Waals surface area contributed by atoms with Crippen LogP contribution in [-0.4, -0.2) is 30.5 Å². The Morgan fingerprint density at radius 1 is 1.14 bits per heavy atom. The summed E-state index contributed by atoms with van der Waals surface area (Å²) in [4.78, 5) is 14.3. The molecule has 0 aliphatic heterocycles. The molecular formula is C18H29NO2. The van der Waals surface area contributed by atoms with Gasteiger partial charge in [0.25, 0.3) is 0 Å². The Hall–Kier alpha value is -1.51. The predicted molar refractivity (Wildman–Crippen MR) is 87.7 cm³/mol. The van der Waals surface area contributed by atoms with Gasteiger partial charge in [-0.05, 0) is 37.5 Å². The van der Waals surface area contributed by atoms with Crippen molar-refractivity contribution in [2.24, 2.45) is 0 Å². The van der Waals surface area contributed by atoms with Gasteiger partial charge >= 0.3 is 0 Å². The number of benzene rings is 1. The maximum Gasteiger partial charge on any atom is 0.225 e. The normalized spacial score (nSPS) is 10.4. The van der Waals surface area contributed by atoms with Crippen molar-refractivity contribution >= 4 is 5.91 Å². The molecule has 3 nitrogen and oxygen atoms in total. The maximum atomic E-state index is 12.3. The van der Waals surface area contributed by atoms with Gasteiger partial charge in [0.1, 0.15) is 5.75 Å². The highest BCUT2D eigenvalue weighted by atomic mass is 16.5. The van der Waals surface area contributed by atoms with Crippen molar-refractivity contribution < 1.29 is 9.53 Å². The van der Waals surface area contributed by atoms with Crippen LogP contribution in [0.1, 0.15) is 51.5 Å². The minimum Gasteiger partial charge on any atom is -0.493 e. The van der Waals surface area contributed by atoms with Crippen LogP contribution in [0.15, 0.2) is 24.3 Å². The second kappa shape index (κ2) is 10.3. The molecule has 0 radical (unpaired) electrons. The van der Waals surface area contributed by atoms with E-state index in [2.05, 4.69) is 13.8 Å². The zero-order chi connectivity index (χ0) is 15.5. The van der Waals surface area contributed by atoms with Gasteiger partial charge in [-0.1, -0.05) is 38.8 Å². The van der Waals surface area contributed by atoms with E-state index in [1.807, 2.05) is 36.1 Å². The third-order valence-corrected chi connectivity index (χ3v) is 3.49. The summed E-state index contributed by atoms with van der Waals surface area (Å²) in [5.41, 5.74) is 1.17. The molecule has 1 amide bonds. The quantitative estimate of drug-likeness (QED) is 0.647. The summed E-state index contributed by atoms with van der Waals surface area (Å²) in [6, 6.07) is 7.94. The lowest BCUT2D eigenvalue weighted by molar-refractivity contribution is -0.131. The summed E-state index contributed by atoms with van der Waals surface area (Å²) in [6.07, 6.45) is 4.86. The highest BCUT2D eigenvalue weighted by Crippen LogP contribution is 2.12. The molecule has 0 spiro atoms. The smallest absolute Gasteiger partial charge is 0.225 e. The number of carbonyl (C=O) groups excluding carboxylic acids is 1. The first kappa shape index (κ1) is 17.5. The predicted octanol–water partition coefficient (Wildman–Crippen LogP) is 4.19. The van der Waals surface area contributed by atoms with Crippen LogP contribution in [-0.2, 0) is 4.79 Å². The fourth-order valence-electron chi connectivity index (χ4n) is 2.18. The van der Waals surface area contributed by atoms with Gasteiger partial charge in [0.2, 0.25) is 5.91 Å². The SMILES string of the molecule is CCCCN(CCCC)C(=O)CCOc1cccc(C)c1. The van der Waals surface area contributed by atoms with E-state index in [9.17, 15) is 4.79 Å². The average molecular weight is 291 g/mol. The van der Waals surface area contributed by atoms with Crippen molar-refractivity contribution in [2.45, 2.75) is 52.9 Å². The van der Waals surface area contributed by atoms with Crippen molar-refractivity contribution in [3.8, 4) is 5.75 Å². The number of amides is 1. The standard InChI is InChI=1S/C18H29NO2/c1-4-6-12-19(13-7-5-2)18(20)11-14-21-17-10-8-9-16(3)15-17/h8-10,15H,4-7,11-14H2,1-3H3. The van der Waals surface area contributed by atoms with E-state index in [4.69, 9.17) is 4.74 Å². The third-order valence-electron chi connectivity index (χ3n) is 3.49. The van der Waals surface area contributed by atoms with Crippen LogP contribution in [0.3, 0.4) is 0 Å². The molecule has 0 aliphatic rings. The highest BCUT2D eigenvalue weighted by molar-refractivity contribution is 5.76. The van der Waals surface area contributed by atoms with E-state index in [0.717, 1.165) is 44.5 Å². The van der Waals surface area contributed by atoms with Crippen molar-refractivity contribution in [2.75, 3.05) is 19.7 Å². The van der Waals surface area contributed by atoms with E-state index in [1.54, 1.807) is 0 Å². The van der Waals surface area contributed by atoms with Crippen LogP contribution < -0.4 is 4.74 Å². The fourth-order valence-corrected chi connectivity index (χ4v) is 2.18. The van der Waals surface area contributed by atoms with Crippen LogP contribution in [0.5, 0.6) is 5.75 Å². The maximum absolute atomic E-state index is 12.3. The summed E-state index contributed by atoms with van der Waals surface area (Å²) in [7, 11) is 0. The van der Waals surface area contributed by atoms with Gasteiger partial charge < -0.3 is 9.64 Å². The molecule has 0 bridgehead atoms. The Labute approximate surface area is 129 Å². The van der Waals surface area contributed by atoms with Crippen LogP contribution in [0.25, 0.3) is 0 Å². The molecule has 0 saturated heterocycles. The molecule has 0 aliphatic carbocycles. The van der Waals surface area contributed by atoms with E-state index in [-0.39, 0.29) is 5.91 Å². The summed E-state index contributed by atoms with van der Waals surface area (Å²) >= 11 is 0. The van der Waals surface area contributed by atoms with Gasteiger partial charge in [-0.3, -0.25) is 4.79 Å². The van der Waals surface area contributed by atoms with Crippen molar-refractivity contribution in [1.29, 1.82) is 0 Å². The van der Waals surface area contributed by atoms with Gasteiger partial charge in [0.05, 0.1) is 13.0 Å². The van der Waals surface area contributed by atoms with Crippen molar-refractivity contribution in [3.05, 3.63) is 29.8 Å². The summed E-state index contributed by atoms with van der Waals surface area (Å²) in [6.45, 7) is 8.55. The first-order valence-corrected chi connectivity index (χ1v) is 8.14. The Morgan fingerprint density at radius 3 is 2.38 bits per heavy atom. The summed E-state index contributed by atoms with van der Waals surface area (Å²) in [5, 5.41) is 0. The van der Waals surface area contributed by atoms with Gasteiger partial charge in [-0.2, -0.15) is 0 Å². The molecule has 1 aromatic rings. The van der Waals surface area contributed by atoms with Gasteiger partial charge in [0.15, 0.2) is 0 Å². The van der Waals surface area contributed by atoms with E-state index < -0.39 is 0 Å². The lowest BCUT2D eigenvalue weighted by atomic mass is 10.2. The molecule has 0 saturated carbocycles. The number of unbranched alkanes of at least 4 members (excludes halogenated alkanes) is 2. The largest absolute Gasteiger partial charge is 0.493 e. The molecular weight excluding hydrogens is 262 g/mol. The zero-order valence-electron chi connectivity index (χ0n) is 13.7. The number of ether oxygens (including phenoxy) is 1. The van der Waals surface area contributed by atoms with Gasteiger partial charge in [0, 0.05) is 13.1 Å². The van der Waals surface area contributed by atoms with E-state index in [1.165, 1.54) is 5.56 Å². The average Bonchev–Trinajstić information content (AvgIpc) is 2.47. The third kappa shape index (κ3) is 7.16. The second-order valence-corrected chi connectivity index (χ2v) is 5.50. The van der Waals surface area contributed by atoms with E-state index >= 15 is 0 Å². The fraction of sp³-hybridized carbons (Fsp3) is 0.611. The first-order valence-electron chi connectivity index (χ1n) is 8.14. The number of hydrogen-bond acceptors (Lipinski definition) is 2. The summed E-state index contributed by atoms with van der Waals surface area (Å²) < 4.78 is 5.67. The summed E-state index contributed by atoms with van der Waals surface area (Å²) in [5.74, 6) is 1.06. The zero-order valence-corrected chi connectivity index (χ0v) is 13.7. The molecule has 1 aromatic carbocycles. The first-order chi connectivity index (χ1) is 10.2. The molecule has 1 rings (SSSR count). The number of nitrogens with zero attached hydrogens (tertiary/aromatic N) is 1. The minimum atomic E-state index is 0.213. The lowest BCUT2D eigenvalue weighted by Gasteiger charge is -2.22. The topological polar surface area (TPSA) is 29.5 Å². The minimum absolute atomic E-state index is 0.213. The van der Waals surface area contributed by atoms with Crippen molar-refractivity contribution in [3.63, 3.8) is 0 Å². The Kier molecular flexibility index (Phi) is 8.56. The Morgan fingerprint density at radius 2 is 1.81 bits per heavy atom. The molecule has 118 valence electrons. The molecule has 0 heterocycles. The van der Waals surface area contributed by atoms with Crippen LogP contribution in [0.4, 0.5) is 0 Å². The lowest BCUT2D eigenvalue weighted by Crippen LogP contribution is -2.33. The molecule has 21 heavy (non-hydrogen) atoms. The highest BCUT2D eigenvalue weighted by Gasteiger charge is 2.12. The van der Waals surface area contributed by atoms with Crippen LogP contribution in [0.2, 0.25) is 0 Å². The van der Waals surface area contributed by atoms with Gasteiger partial charge in [-0.15, -0.1) is 0 Å². The number of rotatable bonds is 10. The second-order valence-electron chi connectivity index (χ2n) is 5.50. The van der Waals surface area contributed by atoms with E-state index in [0.29, 0.717) is 13.0 Å². The molecule has 0 atom stereocenters. The monoisotopic (exact) mass is 291 g/mol. The van der Waals surface area contributed by atoms with Crippen LogP contribution >= 0.6 is 0 Å². The number of carbonyl (C=O) groups is 1. The number of hydrogen-bond donors (Lipinski definition) is 0. The Bertz CT molecular complexity index is 409. The van der Waals surface area contributed by atoms with Crippen LogP contribution in [0, 0.1) is 6.92 Å². The van der Waals surface area contributed by atoms with Gasteiger partial charge in [-0.25, -0.2) is 0 Å². The number of aryl methyl sites for hydroxylation is 1. The van der Waals surface area contributed by atoms with Crippen molar-refractivity contribution in [1.82, 2.24) is 4.90 Å². The molecule has 3 heteroatoms.